The second-order valence-corrected chi connectivity index (χ2v) is 5.79. The van der Waals surface area contributed by atoms with Crippen molar-refractivity contribution in [3.63, 3.8) is 0 Å². The van der Waals surface area contributed by atoms with Gasteiger partial charge in [-0.25, -0.2) is 9.78 Å². The molecule has 3 aromatic rings. The van der Waals surface area contributed by atoms with Gasteiger partial charge in [-0.2, -0.15) is 0 Å². The van der Waals surface area contributed by atoms with Crippen molar-refractivity contribution in [2.45, 2.75) is 6.92 Å². The van der Waals surface area contributed by atoms with Crippen LogP contribution in [0.1, 0.15) is 15.9 Å². The number of aromatic nitrogens is 1. The highest BCUT2D eigenvalue weighted by molar-refractivity contribution is 6.41. The fourth-order valence-corrected chi connectivity index (χ4v) is 2.76. The van der Waals surface area contributed by atoms with Gasteiger partial charge in [0.05, 0.1) is 26.8 Å². The first kappa shape index (κ1) is 14.8. The molecule has 0 aliphatic rings. The molecule has 0 radical (unpaired) electrons. The minimum atomic E-state index is -1.06. The van der Waals surface area contributed by atoms with Gasteiger partial charge in [-0.15, -0.1) is 0 Å². The molecule has 0 atom stereocenters. The first-order chi connectivity index (χ1) is 10.5. The number of carboxylic acid groups (broad SMARTS) is 1. The minimum Gasteiger partial charge on any atom is -0.478 e. The minimum absolute atomic E-state index is 0.0908. The second-order valence-electron chi connectivity index (χ2n) is 4.98. The van der Waals surface area contributed by atoms with Crippen molar-refractivity contribution in [1.82, 2.24) is 4.98 Å². The summed E-state index contributed by atoms with van der Waals surface area (Å²) in [6, 6.07) is 12.4. The van der Waals surface area contributed by atoms with Gasteiger partial charge in [0.15, 0.2) is 0 Å². The average Bonchev–Trinajstić information content (AvgIpc) is 2.50. The Kier molecular flexibility index (Phi) is 3.77. The zero-order chi connectivity index (χ0) is 15.9. The van der Waals surface area contributed by atoms with Gasteiger partial charge >= 0.3 is 5.97 Å². The first-order valence-electron chi connectivity index (χ1n) is 6.56. The molecule has 0 spiro atoms. The lowest BCUT2D eigenvalue weighted by Gasteiger charge is -2.10. The zero-order valence-corrected chi connectivity index (χ0v) is 13.1. The van der Waals surface area contributed by atoms with E-state index in [-0.39, 0.29) is 5.56 Å². The summed E-state index contributed by atoms with van der Waals surface area (Å²) >= 11 is 12.3. The highest BCUT2D eigenvalue weighted by atomic mass is 35.5. The maximum atomic E-state index is 11.6. The monoisotopic (exact) mass is 331 g/mol. The lowest BCUT2D eigenvalue weighted by Crippen LogP contribution is -2.01. The van der Waals surface area contributed by atoms with Crippen molar-refractivity contribution < 1.29 is 9.90 Å². The van der Waals surface area contributed by atoms with Crippen LogP contribution < -0.4 is 0 Å². The molecule has 0 saturated carbocycles. The van der Waals surface area contributed by atoms with Crippen LogP contribution in [0.5, 0.6) is 0 Å². The lowest BCUT2D eigenvalue weighted by molar-refractivity contribution is 0.0699. The number of benzene rings is 2. The van der Waals surface area contributed by atoms with Crippen LogP contribution in [0.2, 0.25) is 10.0 Å². The molecule has 0 bridgehead atoms. The van der Waals surface area contributed by atoms with Crippen LogP contribution in [-0.4, -0.2) is 16.1 Å². The molecule has 0 saturated heterocycles. The Bertz CT molecular complexity index is 889. The Balaban J connectivity index is 2.36. The van der Waals surface area contributed by atoms with Gasteiger partial charge in [-0.3, -0.25) is 0 Å². The third-order valence-corrected chi connectivity index (χ3v) is 4.06. The van der Waals surface area contributed by atoms with Gasteiger partial charge < -0.3 is 5.11 Å². The van der Waals surface area contributed by atoms with Crippen LogP contribution in [0, 0.1) is 6.92 Å². The van der Waals surface area contributed by atoms with Crippen molar-refractivity contribution in [3.05, 3.63) is 63.6 Å². The van der Waals surface area contributed by atoms with Crippen molar-refractivity contribution in [2.75, 3.05) is 0 Å². The average molecular weight is 332 g/mol. The molecule has 0 unspecified atom stereocenters. The van der Waals surface area contributed by atoms with Crippen molar-refractivity contribution in [2.24, 2.45) is 0 Å². The molecule has 0 aliphatic heterocycles. The number of carbonyl (C=O) groups is 1. The number of aromatic carboxylic acids is 1. The maximum absolute atomic E-state index is 11.6. The molecule has 3 rings (SSSR count). The molecule has 3 nitrogen and oxygen atoms in total. The number of nitrogens with zero attached hydrogens (tertiary/aromatic N) is 1. The molecule has 22 heavy (non-hydrogen) atoms. The number of rotatable bonds is 2. The molecule has 2 aromatic carbocycles. The van der Waals surface area contributed by atoms with Crippen molar-refractivity contribution in [1.29, 1.82) is 0 Å². The molecule has 1 aromatic heterocycles. The maximum Gasteiger partial charge on any atom is 0.336 e. The second kappa shape index (κ2) is 5.59. The SMILES string of the molecule is Cc1ccc(-c2cc(C(=O)O)c3c(Cl)ccc(Cl)c3n2)cc1. The number of aryl methyl sites for hydroxylation is 1. The molecule has 5 heteroatoms. The fourth-order valence-electron chi connectivity index (χ4n) is 2.31. The van der Waals surface area contributed by atoms with Crippen molar-refractivity contribution >= 4 is 40.1 Å². The molecular weight excluding hydrogens is 321 g/mol. The van der Waals surface area contributed by atoms with E-state index in [1.54, 1.807) is 12.1 Å². The number of halogens is 2. The van der Waals surface area contributed by atoms with Crippen LogP contribution in [0.25, 0.3) is 22.2 Å². The summed E-state index contributed by atoms with van der Waals surface area (Å²) < 4.78 is 0. The van der Waals surface area contributed by atoms with Crippen LogP contribution in [0.4, 0.5) is 0 Å². The summed E-state index contributed by atoms with van der Waals surface area (Å²) in [5, 5.41) is 10.5. The van der Waals surface area contributed by atoms with Crippen molar-refractivity contribution in [3.8, 4) is 11.3 Å². The fraction of sp³-hybridized carbons (Fsp3) is 0.0588. The van der Waals surface area contributed by atoms with Gasteiger partial charge in [-0.1, -0.05) is 53.0 Å². The Morgan fingerprint density at radius 2 is 1.68 bits per heavy atom. The van der Waals surface area contributed by atoms with Crippen LogP contribution in [0.15, 0.2) is 42.5 Å². The van der Waals surface area contributed by atoms with E-state index < -0.39 is 5.97 Å². The number of hydrogen-bond donors (Lipinski definition) is 1. The molecule has 0 fully saturated rings. The van der Waals surface area contributed by atoms with E-state index in [9.17, 15) is 9.90 Å². The summed E-state index contributed by atoms with van der Waals surface area (Å²) in [5.74, 6) is -1.06. The first-order valence-corrected chi connectivity index (χ1v) is 7.32. The Morgan fingerprint density at radius 3 is 2.32 bits per heavy atom. The van der Waals surface area contributed by atoms with Crippen LogP contribution in [-0.2, 0) is 0 Å². The van der Waals surface area contributed by atoms with E-state index in [0.29, 0.717) is 26.6 Å². The highest BCUT2D eigenvalue weighted by Crippen LogP contribution is 2.34. The normalized spacial score (nSPS) is 10.9. The van der Waals surface area contributed by atoms with E-state index in [1.165, 1.54) is 6.07 Å². The summed E-state index contributed by atoms with van der Waals surface area (Å²) in [6.45, 7) is 1.98. The Morgan fingerprint density at radius 1 is 1.05 bits per heavy atom. The van der Waals surface area contributed by atoms with Gasteiger partial charge in [0.2, 0.25) is 0 Å². The van der Waals surface area contributed by atoms with Crippen LogP contribution in [0.3, 0.4) is 0 Å². The summed E-state index contributed by atoms with van der Waals surface area (Å²) in [4.78, 5) is 16.1. The number of carboxylic acids is 1. The van der Waals surface area contributed by atoms with E-state index in [1.807, 2.05) is 31.2 Å². The van der Waals surface area contributed by atoms with Gasteiger partial charge in [0.25, 0.3) is 0 Å². The van der Waals surface area contributed by atoms with E-state index >= 15 is 0 Å². The predicted molar refractivity (Wildman–Crippen MR) is 88.9 cm³/mol. The van der Waals surface area contributed by atoms with Crippen LogP contribution >= 0.6 is 23.2 Å². The highest BCUT2D eigenvalue weighted by Gasteiger charge is 2.17. The summed E-state index contributed by atoms with van der Waals surface area (Å²) in [7, 11) is 0. The molecule has 1 N–H and O–H groups in total. The van der Waals surface area contributed by atoms with E-state index in [2.05, 4.69) is 4.98 Å². The topological polar surface area (TPSA) is 50.2 Å². The third kappa shape index (κ3) is 2.54. The van der Waals surface area contributed by atoms with E-state index in [4.69, 9.17) is 23.2 Å². The smallest absolute Gasteiger partial charge is 0.336 e. The van der Waals surface area contributed by atoms with Gasteiger partial charge in [0, 0.05) is 10.9 Å². The molecule has 0 amide bonds. The molecule has 0 aliphatic carbocycles. The summed E-state index contributed by atoms with van der Waals surface area (Å²) in [6.07, 6.45) is 0. The molecule has 110 valence electrons. The molecular formula is C17H11Cl2NO2. The lowest BCUT2D eigenvalue weighted by atomic mass is 10.0. The third-order valence-electron chi connectivity index (χ3n) is 3.44. The number of hydrogen-bond acceptors (Lipinski definition) is 2. The summed E-state index contributed by atoms with van der Waals surface area (Å²) in [5.41, 5.74) is 2.97. The quantitative estimate of drug-likeness (QED) is 0.700. The van der Waals surface area contributed by atoms with E-state index in [0.717, 1.165) is 11.1 Å². The Hall–Kier alpha value is -2.10. The zero-order valence-electron chi connectivity index (χ0n) is 11.6. The van der Waals surface area contributed by atoms with Gasteiger partial charge in [-0.05, 0) is 25.1 Å². The number of pyridine rings is 1. The standard InChI is InChI=1S/C17H11Cl2NO2/c1-9-2-4-10(5-3-9)14-8-11(17(21)22)15-12(18)6-7-13(19)16(15)20-14/h2-8H,1H3,(H,21,22). The number of fused-ring (bicyclic) bond motifs is 1. The Labute approximate surface area is 137 Å². The predicted octanol–water partition coefficient (Wildman–Crippen LogP) is 5.22. The molecule has 1 heterocycles. The van der Waals surface area contributed by atoms with Gasteiger partial charge in [0.1, 0.15) is 0 Å². The largest absolute Gasteiger partial charge is 0.478 e.